The van der Waals surface area contributed by atoms with Gasteiger partial charge < -0.3 is 4.74 Å². The lowest BCUT2D eigenvalue weighted by Crippen LogP contribution is -2.24. The third-order valence-electron chi connectivity index (χ3n) is 6.27. The molecule has 2 aromatic carbocycles. The first-order valence-electron chi connectivity index (χ1n) is 9.52. The number of benzene rings is 2. The van der Waals surface area contributed by atoms with E-state index in [1.54, 1.807) is 11.1 Å². The Balaban J connectivity index is 1.28. The van der Waals surface area contributed by atoms with Crippen molar-refractivity contribution in [2.24, 2.45) is 17.8 Å². The maximum Gasteiger partial charge on any atom is 0.123 e. The van der Waals surface area contributed by atoms with E-state index in [0.717, 1.165) is 24.0 Å². The molecule has 1 nitrogen and oxygen atoms in total. The van der Waals surface area contributed by atoms with Gasteiger partial charge in [-0.05, 0) is 59.8 Å². The monoisotopic (exact) mass is 320 g/mol. The second-order valence-corrected chi connectivity index (χ2v) is 7.94. The number of ether oxygens (including phenoxy) is 1. The molecule has 0 fully saturated rings. The first kappa shape index (κ1) is 15.7. The predicted octanol–water partition coefficient (Wildman–Crippen LogP) is 5.46. The second-order valence-electron chi connectivity index (χ2n) is 7.94. The molecule has 0 aromatic heterocycles. The summed E-state index contributed by atoms with van der Waals surface area (Å²) in [6.45, 7) is 4.82. The molecular weight excluding hydrogens is 292 g/mol. The van der Waals surface area contributed by atoms with Gasteiger partial charge in [0.1, 0.15) is 11.9 Å². The van der Waals surface area contributed by atoms with E-state index in [9.17, 15) is 0 Å². The molecule has 0 saturated heterocycles. The van der Waals surface area contributed by atoms with Crippen LogP contribution in [0.2, 0.25) is 0 Å². The van der Waals surface area contributed by atoms with Gasteiger partial charge in [0, 0.05) is 6.42 Å². The van der Waals surface area contributed by atoms with Crippen molar-refractivity contribution in [3.63, 3.8) is 0 Å². The zero-order valence-corrected chi connectivity index (χ0v) is 14.9. The molecule has 0 radical (unpaired) electrons. The van der Waals surface area contributed by atoms with E-state index in [2.05, 4.69) is 62.4 Å². The van der Waals surface area contributed by atoms with Crippen LogP contribution in [0.4, 0.5) is 0 Å². The SMILES string of the molecule is CC(CCC(C)C1Cc2ccccc2O1)C1Cc2ccccc2C1. The fourth-order valence-corrected chi connectivity index (χ4v) is 4.47. The Morgan fingerprint density at radius 3 is 2.04 bits per heavy atom. The van der Waals surface area contributed by atoms with Crippen LogP contribution in [0, 0.1) is 17.8 Å². The van der Waals surface area contributed by atoms with Crippen LogP contribution in [0.15, 0.2) is 48.5 Å². The molecule has 0 saturated carbocycles. The van der Waals surface area contributed by atoms with E-state index in [4.69, 9.17) is 4.74 Å². The lowest BCUT2D eigenvalue weighted by atomic mass is 9.84. The van der Waals surface area contributed by atoms with E-state index in [0.29, 0.717) is 12.0 Å². The summed E-state index contributed by atoms with van der Waals surface area (Å²) < 4.78 is 6.18. The Kier molecular flexibility index (Phi) is 4.35. The predicted molar refractivity (Wildman–Crippen MR) is 99.5 cm³/mol. The van der Waals surface area contributed by atoms with Crippen LogP contribution in [-0.2, 0) is 19.3 Å². The lowest BCUT2D eigenvalue weighted by Gasteiger charge is -2.23. The minimum absolute atomic E-state index is 0.371. The van der Waals surface area contributed by atoms with Crippen molar-refractivity contribution >= 4 is 0 Å². The average Bonchev–Trinajstić information content (AvgIpc) is 3.23. The van der Waals surface area contributed by atoms with Gasteiger partial charge in [0.05, 0.1) is 0 Å². The molecule has 4 rings (SSSR count). The molecule has 1 aliphatic carbocycles. The van der Waals surface area contributed by atoms with Gasteiger partial charge >= 0.3 is 0 Å². The van der Waals surface area contributed by atoms with Crippen molar-refractivity contribution in [1.29, 1.82) is 0 Å². The van der Waals surface area contributed by atoms with Gasteiger partial charge in [0.25, 0.3) is 0 Å². The lowest BCUT2D eigenvalue weighted by molar-refractivity contribution is 0.153. The normalized spacial score (nSPS) is 21.8. The highest BCUT2D eigenvalue weighted by Gasteiger charge is 2.29. The fourth-order valence-electron chi connectivity index (χ4n) is 4.47. The minimum Gasteiger partial charge on any atom is -0.490 e. The van der Waals surface area contributed by atoms with Gasteiger partial charge in [-0.3, -0.25) is 0 Å². The standard InChI is InChI=1S/C23H28O/c1-16(21-13-18-7-3-4-8-19(18)14-21)11-12-17(2)23-15-20-9-5-6-10-22(20)24-23/h3-10,16-17,21,23H,11-15H2,1-2H3. The van der Waals surface area contributed by atoms with E-state index in [-0.39, 0.29) is 0 Å². The number of para-hydroxylation sites is 1. The maximum absolute atomic E-state index is 6.18. The molecule has 1 aliphatic heterocycles. The van der Waals surface area contributed by atoms with Gasteiger partial charge in [-0.1, -0.05) is 62.7 Å². The van der Waals surface area contributed by atoms with Crippen molar-refractivity contribution < 1.29 is 4.74 Å². The van der Waals surface area contributed by atoms with Gasteiger partial charge in [-0.15, -0.1) is 0 Å². The molecule has 126 valence electrons. The summed E-state index contributed by atoms with van der Waals surface area (Å²) in [6, 6.07) is 17.5. The Morgan fingerprint density at radius 1 is 0.792 bits per heavy atom. The van der Waals surface area contributed by atoms with Crippen LogP contribution in [0.1, 0.15) is 43.4 Å². The molecule has 2 aromatic rings. The third-order valence-corrected chi connectivity index (χ3v) is 6.27. The van der Waals surface area contributed by atoms with Crippen LogP contribution < -0.4 is 4.74 Å². The molecule has 24 heavy (non-hydrogen) atoms. The highest BCUT2D eigenvalue weighted by molar-refractivity contribution is 5.37. The summed E-state index contributed by atoms with van der Waals surface area (Å²) >= 11 is 0. The molecule has 2 aliphatic rings. The number of rotatable bonds is 5. The van der Waals surface area contributed by atoms with E-state index >= 15 is 0 Å². The van der Waals surface area contributed by atoms with E-state index < -0.39 is 0 Å². The maximum atomic E-state index is 6.18. The largest absolute Gasteiger partial charge is 0.490 e. The third kappa shape index (κ3) is 3.09. The Labute approximate surface area is 146 Å². The van der Waals surface area contributed by atoms with Crippen LogP contribution in [-0.4, -0.2) is 6.10 Å². The van der Waals surface area contributed by atoms with Crippen molar-refractivity contribution in [2.75, 3.05) is 0 Å². The van der Waals surface area contributed by atoms with E-state index in [1.807, 2.05) is 0 Å². The van der Waals surface area contributed by atoms with Gasteiger partial charge in [0.15, 0.2) is 0 Å². The molecule has 1 heteroatoms. The molecule has 0 N–H and O–H groups in total. The molecular formula is C23H28O. The zero-order valence-electron chi connectivity index (χ0n) is 14.9. The Morgan fingerprint density at radius 2 is 1.38 bits per heavy atom. The first-order chi connectivity index (χ1) is 11.7. The van der Waals surface area contributed by atoms with Crippen molar-refractivity contribution in [3.8, 4) is 5.75 Å². The van der Waals surface area contributed by atoms with Crippen molar-refractivity contribution in [2.45, 2.75) is 52.1 Å². The van der Waals surface area contributed by atoms with Gasteiger partial charge in [0.2, 0.25) is 0 Å². The minimum atomic E-state index is 0.371. The average molecular weight is 320 g/mol. The molecule has 1 heterocycles. The van der Waals surface area contributed by atoms with Crippen LogP contribution in [0.5, 0.6) is 5.75 Å². The summed E-state index contributed by atoms with van der Waals surface area (Å²) in [5, 5.41) is 0. The first-order valence-corrected chi connectivity index (χ1v) is 9.52. The number of hydrogen-bond donors (Lipinski definition) is 0. The topological polar surface area (TPSA) is 9.23 Å². The molecule has 0 amide bonds. The van der Waals surface area contributed by atoms with Gasteiger partial charge in [-0.2, -0.15) is 0 Å². The number of hydrogen-bond acceptors (Lipinski definition) is 1. The quantitative estimate of drug-likeness (QED) is 0.711. The molecule has 0 bridgehead atoms. The Bertz CT molecular complexity index is 593. The molecule has 3 atom stereocenters. The van der Waals surface area contributed by atoms with Gasteiger partial charge in [-0.25, -0.2) is 0 Å². The summed E-state index contributed by atoms with van der Waals surface area (Å²) in [7, 11) is 0. The molecule has 0 spiro atoms. The summed E-state index contributed by atoms with van der Waals surface area (Å²) in [4.78, 5) is 0. The van der Waals surface area contributed by atoms with Crippen molar-refractivity contribution in [1.82, 2.24) is 0 Å². The summed E-state index contributed by atoms with van der Waals surface area (Å²) in [5.41, 5.74) is 4.54. The Hall–Kier alpha value is -1.76. The van der Waals surface area contributed by atoms with Crippen LogP contribution in [0.25, 0.3) is 0 Å². The highest BCUT2D eigenvalue weighted by Crippen LogP contribution is 2.36. The van der Waals surface area contributed by atoms with Crippen LogP contribution >= 0.6 is 0 Å². The summed E-state index contributed by atoms with van der Waals surface area (Å²) in [5.74, 6) is 3.36. The zero-order chi connectivity index (χ0) is 16.5. The highest BCUT2D eigenvalue weighted by atomic mass is 16.5. The fraction of sp³-hybridized carbons (Fsp3) is 0.478. The second kappa shape index (κ2) is 6.63. The number of fused-ring (bicyclic) bond motifs is 2. The summed E-state index contributed by atoms with van der Waals surface area (Å²) in [6.07, 6.45) is 6.59. The smallest absolute Gasteiger partial charge is 0.123 e. The van der Waals surface area contributed by atoms with Crippen molar-refractivity contribution in [3.05, 3.63) is 65.2 Å². The van der Waals surface area contributed by atoms with E-state index in [1.165, 1.54) is 31.2 Å². The van der Waals surface area contributed by atoms with Crippen LogP contribution in [0.3, 0.4) is 0 Å². The molecule has 3 unspecified atom stereocenters.